The molecule has 0 spiro atoms. The van der Waals surface area contributed by atoms with Gasteiger partial charge < -0.3 is 9.64 Å². The van der Waals surface area contributed by atoms with Gasteiger partial charge in [0.25, 0.3) is 0 Å². The van der Waals surface area contributed by atoms with E-state index in [0.717, 1.165) is 31.5 Å². The summed E-state index contributed by atoms with van der Waals surface area (Å²) in [6.07, 6.45) is 3.57. The van der Waals surface area contributed by atoms with Crippen molar-refractivity contribution in [3.8, 4) is 0 Å². The molecule has 1 aromatic rings. The van der Waals surface area contributed by atoms with E-state index < -0.39 is 10.0 Å². The number of anilines is 1. The topological polar surface area (TPSA) is 70.2 Å². The molecule has 0 saturated carbocycles. The molecular weight excluding hydrogens is 354 g/mol. The third-order valence-electron chi connectivity index (χ3n) is 4.85. The molecule has 1 amide bonds. The van der Waals surface area contributed by atoms with Crippen LogP contribution in [0.3, 0.4) is 0 Å². The molecule has 0 radical (unpaired) electrons. The fraction of sp³-hybridized carbons (Fsp3) is 0.611. The molecule has 0 unspecified atom stereocenters. The Labute approximate surface area is 155 Å². The summed E-state index contributed by atoms with van der Waals surface area (Å²) in [6, 6.07) is 7.50. The molecule has 0 atom stereocenters. The van der Waals surface area contributed by atoms with Crippen LogP contribution in [0.15, 0.2) is 24.3 Å². The Balaban J connectivity index is 1.75. The number of hydrogen-bond acceptors (Lipinski definition) is 5. The van der Waals surface area contributed by atoms with E-state index in [1.165, 1.54) is 17.1 Å². The maximum atomic E-state index is 12.5. The van der Waals surface area contributed by atoms with Gasteiger partial charge in [-0.3, -0.25) is 14.0 Å². The average Bonchev–Trinajstić information content (AvgIpc) is 3.12. The summed E-state index contributed by atoms with van der Waals surface area (Å²) in [5, 5.41) is 0. The Morgan fingerprint density at radius 2 is 1.85 bits per heavy atom. The van der Waals surface area contributed by atoms with Crippen molar-refractivity contribution in [1.29, 1.82) is 0 Å². The molecule has 0 bridgehead atoms. The van der Waals surface area contributed by atoms with Gasteiger partial charge in [-0.05, 0) is 43.6 Å². The van der Waals surface area contributed by atoms with Crippen LogP contribution >= 0.6 is 0 Å². The largest absolute Gasteiger partial charge is 0.378 e. The minimum atomic E-state index is -3.55. The summed E-state index contributed by atoms with van der Waals surface area (Å²) in [7, 11) is -3.55. The Kier molecular flexibility index (Phi) is 6.16. The molecule has 144 valence electrons. The average molecular weight is 381 g/mol. The first-order valence-corrected chi connectivity index (χ1v) is 10.9. The Morgan fingerprint density at radius 1 is 1.15 bits per heavy atom. The van der Waals surface area contributed by atoms with Crippen molar-refractivity contribution in [2.45, 2.75) is 19.4 Å². The summed E-state index contributed by atoms with van der Waals surface area (Å²) < 4.78 is 31.1. The first-order chi connectivity index (χ1) is 12.4. The molecule has 2 heterocycles. The number of nitrogens with zero attached hydrogens (tertiary/aromatic N) is 3. The highest BCUT2D eigenvalue weighted by atomic mass is 32.2. The van der Waals surface area contributed by atoms with Crippen molar-refractivity contribution in [1.82, 2.24) is 9.80 Å². The molecule has 8 heteroatoms. The lowest BCUT2D eigenvalue weighted by atomic mass is 10.2. The molecule has 2 saturated heterocycles. The lowest BCUT2D eigenvalue weighted by molar-refractivity contribution is -0.133. The quantitative estimate of drug-likeness (QED) is 0.733. The number of hydrogen-bond donors (Lipinski definition) is 0. The molecule has 2 aliphatic heterocycles. The lowest BCUT2D eigenvalue weighted by Crippen LogP contribution is -2.47. The van der Waals surface area contributed by atoms with E-state index in [9.17, 15) is 13.2 Å². The van der Waals surface area contributed by atoms with E-state index in [1.807, 2.05) is 18.2 Å². The van der Waals surface area contributed by atoms with Crippen LogP contribution in [0.2, 0.25) is 0 Å². The standard InChI is InChI=1S/C18H27N3O4S/c1-26(23,24)21(15-18(22)20-9-11-25-12-10-20)17-6-4-5-16(13-17)14-19-7-2-3-8-19/h4-6,13H,2-3,7-12,14-15H2,1H3. The first kappa shape index (κ1) is 19.1. The van der Waals surface area contributed by atoms with Crippen molar-refractivity contribution < 1.29 is 17.9 Å². The first-order valence-electron chi connectivity index (χ1n) is 9.08. The molecule has 26 heavy (non-hydrogen) atoms. The van der Waals surface area contributed by atoms with Gasteiger partial charge in [0.2, 0.25) is 15.9 Å². The summed E-state index contributed by atoms with van der Waals surface area (Å²) >= 11 is 0. The number of morpholine rings is 1. The van der Waals surface area contributed by atoms with Crippen molar-refractivity contribution in [3.05, 3.63) is 29.8 Å². The van der Waals surface area contributed by atoms with Gasteiger partial charge >= 0.3 is 0 Å². The Hall–Kier alpha value is -1.64. The SMILES string of the molecule is CS(=O)(=O)N(CC(=O)N1CCOCC1)c1cccc(CN2CCCC2)c1. The van der Waals surface area contributed by atoms with Gasteiger partial charge in [-0.15, -0.1) is 0 Å². The molecule has 2 aliphatic rings. The summed E-state index contributed by atoms with van der Waals surface area (Å²) in [5.41, 5.74) is 1.61. The zero-order valence-electron chi connectivity index (χ0n) is 15.3. The lowest BCUT2D eigenvalue weighted by Gasteiger charge is -2.30. The third-order valence-corrected chi connectivity index (χ3v) is 5.99. The molecule has 3 rings (SSSR count). The van der Waals surface area contributed by atoms with E-state index in [-0.39, 0.29) is 12.5 Å². The second-order valence-electron chi connectivity index (χ2n) is 6.92. The van der Waals surface area contributed by atoms with Gasteiger partial charge in [0, 0.05) is 19.6 Å². The number of carbonyl (C=O) groups is 1. The molecule has 7 nitrogen and oxygen atoms in total. The normalized spacial score (nSPS) is 18.9. The fourth-order valence-corrected chi connectivity index (χ4v) is 4.29. The van der Waals surface area contributed by atoms with E-state index >= 15 is 0 Å². The van der Waals surface area contributed by atoms with Crippen LogP contribution in [-0.4, -0.2) is 76.3 Å². The van der Waals surface area contributed by atoms with Crippen LogP contribution < -0.4 is 4.31 Å². The number of carbonyl (C=O) groups excluding carboxylic acids is 1. The summed E-state index contributed by atoms with van der Waals surface area (Å²) in [4.78, 5) is 16.6. The molecule has 1 aromatic carbocycles. The van der Waals surface area contributed by atoms with E-state index in [0.29, 0.717) is 32.0 Å². The second kappa shape index (κ2) is 8.37. The van der Waals surface area contributed by atoms with Gasteiger partial charge in [-0.25, -0.2) is 8.42 Å². The van der Waals surface area contributed by atoms with Crippen LogP contribution in [0.5, 0.6) is 0 Å². The van der Waals surface area contributed by atoms with Crippen LogP contribution in [-0.2, 0) is 26.1 Å². The van der Waals surface area contributed by atoms with E-state index in [4.69, 9.17) is 4.74 Å². The molecular formula is C18H27N3O4S. The predicted octanol–water partition coefficient (Wildman–Crippen LogP) is 0.907. The van der Waals surface area contributed by atoms with E-state index in [1.54, 1.807) is 11.0 Å². The van der Waals surface area contributed by atoms with Gasteiger partial charge in [0.15, 0.2) is 0 Å². The summed E-state index contributed by atoms with van der Waals surface area (Å²) in [5.74, 6) is -0.191. The predicted molar refractivity (Wildman–Crippen MR) is 101 cm³/mol. The zero-order chi connectivity index (χ0) is 18.6. The monoisotopic (exact) mass is 381 g/mol. The highest BCUT2D eigenvalue weighted by Crippen LogP contribution is 2.21. The number of rotatable bonds is 6. The van der Waals surface area contributed by atoms with Crippen molar-refractivity contribution in [2.24, 2.45) is 0 Å². The number of amides is 1. The number of likely N-dealkylation sites (tertiary alicyclic amines) is 1. The zero-order valence-corrected chi connectivity index (χ0v) is 16.1. The number of benzene rings is 1. The second-order valence-corrected chi connectivity index (χ2v) is 8.82. The maximum Gasteiger partial charge on any atom is 0.243 e. The van der Waals surface area contributed by atoms with E-state index in [2.05, 4.69) is 4.90 Å². The van der Waals surface area contributed by atoms with Crippen molar-refractivity contribution >= 4 is 21.6 Å². The molecule has 0 aromatic heterocycles. The van der Waals surface area contributed by atoms with Crippen LogP contribution in [0.1, 0.15) is 18.4 Å². The minimum absolute atomic E-state index is 0.175. The number of ether oxygens (including phenoxy) is 1. The Bertz CT molecular complexity index is 726. The number of sulfonamides is 1. The summed E-state index contributed by atoms with van der Waals surface area (Å²) in [6.45, 7) is 4.79. The van der Waals surface area contributed by atoms with Gasteiger partial charge in [0.1, 0.15) is 6.54 Å². The molecule has 0 N–H and O–H groups in total. The smallest absolute Gasteiger partial charge is 0.243 e. The highest BCUT2D eigenvalue weighted by Gasteiger charge is 2.25. The van der Waals surface area contributed by atoms with Gasteiger partial charge in [-0.1, -0.05) is 12.1 Å². The Morgan fingerprint density at radius 3 is 2.50 bits per heavy atom. The fourth-order valence-electron chi connectivity index (χ4n) is 3.44. The van der Waals surface area contributed by atoms with Crippen LogP contribution in [0.25, 0.3) is 0 Å². The van der Waals surface area contributed by atoms with Crippen molar-refractivity contribution in [3.63, 3.8) is 0 Å². The maximum absolute atomic E-state index is 12.5. The van der Waals surface area contributed by atoms with Gasteiger partial charge in [0.05, 0.1) is 25.2 Å². The van der Waals surface area contributed by atoms with Crippen molar-refractivity contribution in [2.75, 3.05) is 56.5 Å². The van der Waals surface area contributed by atoms with Crippen LogP contribution in [0.4, 0.5) is 5.69 Å². The minimum Gasteiger partial charge on any atom is -0.378 e. The molecule has 2 fully saturated rings. The third kappa shape index (κ3) is 4.96. The van der Waals surface area contributed by atoms with Crippen LogP contribution in [0, 0.1) is 0 Å². The molecule has 0 aliphatic carbocycles. The van der Waals surface area contributed by atoms with Gasteiger partial charge in [-0.2, -0.15) is 0 Å². The highest BCUT2D eigenvalue weighted by molar-refractivity contribution is 7.92.